The average Bonchev–Trinajstić information content (AvgIpc) is 2.13. The van der Waals surface area contributed by atoms with Crippen LogP contribution in [0, 0.1) is 5.92 Å². The van der Waals surface area contributed by atoms with E-state index in [0.29, 0.717) is 0 Å². The second-order valence-electron chi connectivity index (χ2n) is 2.64. The van der Waals surface area contributed by atoms with Gasteiger partial charge in [0.1, 0.15) is 0 Å². The highest BCUT2D eigenvalue weighted by molar-refractivity contribution is 5.85. The van der Waals surface area contributed by atoms with E-state index in [1.165, 1.54) is 0 Å². The van der Waals surface area contributed by atoms with Crippen molar-refractivity contribution in [2.45, 2.75) is 18.9 Å². The van der Waals surface area contributed by atoms with Gasteiger partial charge in [-0.3, -0.25) is 4.79 Å². The summed E-state index contributed by atoms with van der Waals surface area (Å²) in [5.41, 5.74) is 5.52. The Bertz CT molecular complexity index is 170. The lowest BCUT2D eigenvalue weighted by Crippen LogP contribution is -2.16. The summed E-state index contributed by atoms with van der Waals surface area (Å²) < 4.78 is 0. The average molecular weight is 178 g/mol. The van der Waals surface area contributed by atoms with E-state index >= 15 is 0 Å². The Morgan fingerprint density at radius 1 is 1.64 bits per heavy atom. The van der Waals surface area contributed by atoms with Gasteiger partial charge < -0.3 is 10.8 Å². The van der Waals surface area contributed by atoms with Gasteiger partial charge >= 0.3 is 5.97 Å². The van der Waals surface area contributed by atoms with Crippen LogP contribution in [0.25, 0.3) is 0 Å². The molecule has 0 aliphatic heterocycles. The second-order valence-corrected chi connectivity index (χ2v) is 2.64. The van der Waals surface area contributed by atoms with Crippen LogP contribution in [0.4, 0.5) is 0 Å². The first-order chi connectivity index (χ1) is 4.68. The third-order valence-corrected chi connectivity index (χ3v) is 1.64. The molecule has 64 valence electrons. The van der Waals surface area contributed by atoms with Crippen LogP contribution in [-0.4, -0.2) is 17.1 Å². The molecular weight excluding hydrogens is 166 g/mol. The molecule has 0 bridgehead atoms. The first kappa shape index (κ1) is 10.5. The fourth-order valence-corrected chi connectivity index (χ4v) is 1.18. The second kappa shape index (κ2) is 4.36. The standard InChI is InChI=1S/C7H11NO2.ClH/c8-6-2-1-5(3-6)4-7(9)10;/h1-2,5-6H,3-4,8H2,(H,9,10);1H/t5-,6+;/m0./s1. The number of rotatable bonds is 2. The predicted molar refractivity (Wildman–Crippen MR) is 44.7 cm³/mol. The molecule has 0 saturated carbocycles. The Balaban J connectivity index is 0.000001000. The van der Waals surface area contributed by atoms with Crippen LogP contribution in [0.5, 0.6) is 0 Å². The number of hydrogen-bond acceptors (Lipinski definition) is 2. The van der Waals surface area contributed by atoms with Crippen LogP contribution >= 0.6 is 12.4 Å². The highest BCUT2D eigenvalue weighted by Crippen LogP contribution is 2.19. The third kappa shape index (κ3) is 3.39. The van der Waals surface area contributed by atoms with E-state index in [-0.39, 0.29) is 30.8 Å². The largest absolute Gasteiger partial charge is 0.481 e. The number of nitrogens with two attached hydrogens (primary N) is 1. The number of aliphatic carboxylic acids is 1. The van der Waals surface area contributed by atoms with Crippen LogP contribution in [0.2, 0.25) is 0 Å². The zero-order chi connectivity index (χ0) is 7.56. The molecule has 0 aromatic rings. The van der Waals surface area contributed by atoms with Gasteiger partial charge in [-0.2, -0.15) is 0 Å². The quantitative estimate of drug-likeness (QED) is 0.613. The van der Waals surface area contributed by atoms with Gasteiger partial charge in [-0.15, -0.1) is 12.4 Å². The van der Waals surface area contributed by atoms with Gasteiger partial charge in [0, 0.05) is 6.04 Å². The van der Waals surface area contributed by atoms with E-state index in [0.717, 1.165) is 6.42 Å². The Morgan fingerprint density at radius 3 is 2.64 bits per heavy atom. The molecule has 3 nitrogen and oxygen atoms in total. The summed E-state index contributed by atoms with van der Waals surface area (Å²) in [4.78, 5) is 10.2. The minimum Gasteiger partial charge on any atom is -0.481 e. The van der Waals surface area contributed by atoms with E-state index in [4.69, 9.17) is 10.8 Å². The molecule has 0 fully saturated rings. The fraction of sp³-hybridized carbons (Fsp3) is 0.571. The first-order valence-corrected chi connectivity index (χ1v) is 3.34. The van der Waals surface area contributed by atoms with Gasteiger partial charge in [0.25, 0.3) is 0 Å². The van der Waals surface area contributed by atoms with E-state index in [9.17, 15) is 4.79 Å². The van der Waals surface area contributed by atoms with Crippen LogP contribution in [-0.2, 0) is 4.79 Å². The van der Waals surface area contributed by atoms with Crippen molar-refractivity contribution in [3.8, 4) is 0 Å². The van der Waals surface area contributed by atoms with Gasteiger partial charge in [-0.25, -0.2) is 0 Å². The number of carboxylic acid groups (broad SMARTS) is 1. The van der Waals surface area contributed by atoms with E-state index in [2.05, 4.69) is 0 Å². The number of allylic oxidation sites excluding steroid dienone is 1. The minimum atomic E-state index is -0.747. The van der Waals surface area contributed by atoms with Crippen molar-refractivity contribution in [3.63, 3.8) is 0 Å². The van der Waals surface area contributed by atoms with Crippen LogP contribution in [0.3, 0.4) is 0 Å². The Kier molecular flexibility index (Phi) is 4.15. The maximum atomic E-state index is 10.2. The Hall–Kier alpha value is -0.540. The maximum absolute atomic E-state index is 10.2. The normalized spacial score (nSPS) is 28.1. The van der Waals surface area contributed by atoms with Gasteiger partial charge in [0.15, 0.2) is 0 Å². The summed E-state index contributed by atoms with van der Waals surface area (Å²) in [6.07, 6.45) is 4.75. The van der Waals surface area contributed by atoms with Crippen LogP contribution in [0.15, 0.2) is 12.2 Å². The van der Waals surface area contributed by atoms with Crippen LogP contribution < -0.4 is 5.73 Å². The summed E-state index contributed by atoms with van der Waals surface area (Å²) in [7, 11) is 0. The summed E-state index contributed by atoms with van der Waals surface area (Å²) in [5, 5.41) is 8.39. The topological polar surface area (TPSA) is 63.3 Å². The molecule has 1 aliphatic rings. The van der Waals surface area contributed by atoms with Gasteiger partial charge in [0.2, 0.25) is 0 Å². The first-order valence-electron chi connectivity index (χ1n) is 3.34. The van der Waals surface area contributed by atoms with Crippen molar-refractivity contribution >= 4 is 18.4 Å². The Morgan fingerprint density at radius 2 is 2.27 bits per heavy atom. The SMILES string of the molecule is Cl.N[C@@H]1C=C[C@H](CC(=O)O)C1. The highest BCUT2D eigenvalue weighted by atomic mass is 35.5. The van der Waals surface area contributed by atoms with Crippen molar-refractivity contribution < 1.29 is 9.90 Å². The minimum absolute atomic E-state index is 0. The number of carboxylic acids is 1. The maximum Gasteiger partial charge on any atom is 0.303 e. The molecule has 0 heterocycles. The summed E-state index contributed by atoms with van der Waals surface area (Å²) in [6, 6.07) is 0.0735. The van der Waals surface area contributed by atoms with E-state index in [1.54, 1.807) is 0 Å². The molecule has 11 heavy (non-hydrogen) atoms. The molecule has 3 N–H and O–H groups in total. The third-order valence-electron chi connectivity index (χ3n) is 1.64. The van der Waals surface area contributed by atoms with Gasteiger partial charge in [0.05, 0.1) is 6.42 Å². The zero-order valence-electron chi connectivity index (χ0n) is 6.06. The Labute approximate surface area is 71.7 Å². The molecule has 0 aromatic carbocycles. The monoisotopic (exact) mass is 177 g/mol. The molecule has 0 radical (unpaired) electrons. The van der Waals surface area contributed by atoms with Crippen molar-refractivity contribution in [1.29, 1.82) is 0 Å². The lowest BCUT2D eigenvalue weighted by Gasteiger charge is -2.03. The molecule has 4 heteroatoms. The molecule has 2 atom stereocenters. The number of halogens is 1. The van der Waals surface area contributed by atoms with E-state index in [1.807, 2.05) is 12.2 Å². The predicted octanol–water partition coefficient (Wildman–Crippen LogP) is 0.786. The smallest absolute Gasteiger partial charge is 0.303 e. The van der Waals surface area contributed by atoms with Crippen molar-refractivity contribution in [1.82, 2.24) is 0 Å². The lowest BCUT2D eigenvalue weighted by molar-refractivity contribution is -0.137. The summed E-state index contributed by atoms with van der Waals surface area (Å²) >= 11 is 0. The molecular formula is C7H12ClNO2. The molecule has 0 saturated heterocycles. The number of hydrogen-bond donors (Lipinski definition) is 2. The molecule has 0 spiro atoms. The number of carbonyl (C=O) groups is 1. The van der Waals surface area contributed by atoms with Crippen LogP contribution in [0.1, 0.15) is 12.8 Å². The van der Waals surface area contributed by atoms with Gasteiger partial charge in [-0.1, -0.05) is 12.2 Å². The molecule has 0 aromatic heterocycles. The summed E-state index contributed by atoms with van der Waals surface area (Å²) in [6.45, 7) is 0. The van der Waals surface area contributed by atoms with Gasteiger partial charge in [-0.05, 0) is 12.3 Å². The lowest BCUT2D eigenvalue weighted by atomic mass is 10.0. The van der Waals surface area contributed by atoms with Crippen molar-refractivity contribution in [2.75, 3.05) is 0 Å². The van der Waals surface area contributed by atoms with E-state index < -0.39 is 5.97 Å². The van der Waals surface area contributed by atoms with Crippen molar-refractivity contribution in [2.24, 2.45) is 11.7 Å². The molecule has 0 amide bonds. The molecule has 1 aliphatic carbocycles. The molecule has 1 rings (SSSR count). The van der Waals surface area contributed by atoms with Crippen molar-refractivity contribution in [3.05, 3.63) is 12.2 Å². The zero-order valence-corrected chi connectivity index (χ0v) is 6.88. The highest BCUT2D eigenvalue weighted by Gasteiger charge is 2.17. The summed E-state index contributed by atoms with van der Waals surface area (Å²) in [5.74, 6) is -0.587. The fourth-order valence-electron chi connectivity index (χ4n) is 1.18. The molecule has 0 unspecified atom stereocenters.